The van der Waals surface area contributed by atoms with Gasteiger partial charge < -0.3 is 30.1 Å². The number of nitrogens with one attached hydrogen (secondary N) is 2. The first-order valence-corrected chi connectivity index (χ1v) is 13.4. The number of amides is 1. The lowest BCUT2D eigenvalue weighted by Crippen LogP contribution is -2.29. The maximum Gasteiger partial charge on any atom is 0.247 e. The molecule has 1 amide bonds. The second-order valence-electron chi connectivity index (χ2n) is 10.3. The van der Waals surface area contributed by atoms with Gasteiger partial charge in [-0.15, -0.1) is 0 Å². The predicted octanol–water partition coefficient (Wildman–Crippen LogP) is 4.94. The van der Waals surface area contributed by atoms with Crippen LogP contribution in [-0.2, 0) is 10.2 Å². The quantitative estimate of drug-likeness (QED) is 0.250. The van der Waals surface area contributed by atoms with Crippen molar-refractivity contribution in [3.05, 3.63) is 59.5 Å². The number of ether oxygens (including phenoxy) is 1. The summed E-state index contributed by atoms with van der Waals surface area (Å²) in [4.78, 5) is 32.6. The lowest BCUT2D eigenvalue weighted by molar-refractivity contribution is -0.111. The van der Waals surface area contributed by atoms with Gasteiger partial charge in [0.1, 0.15) is 16.2 Å². The number of likely N-dealkylation sites (N-methyl/N-ethyl adjacent to an activating group) is 2. The van der Waals surface area contributed by atoms with Gasteiger partial charge in [0.25, 0.3) is 0 Å². The molecule has 39 heavy (non-hydrogen) atoms. The fraction of sp³-hybridized carbons (Fsp3) is 0.357. The molecule has 1 aliphatic heterocycles. The predicted molar refractivity (Wildman–Crippen MR) is 161 cm³/mol. The number of halogens is 1. The lowest BCUT2D eigenvalue weighted by atomic mass is 9.91. The van der Waals surface area contributed by atoms with E-state index in [-0.39, 0.29) is 11.3 Å². The van der Waals surface area contributed by atoms with Crippen molar-refractivity contribution in [1.82, 2.24) is 19.9 Å². The molecule has 0 radical (unpaired) electrons. The van der Waals surface area contributed by atoms with Crippen molar-refractivity contribution in [2.75, 3.05) is 68.3 Å². The molecule has 0 saturated heterocycles. The monoisotopic (exact) mass is 594 g/mol. The minimum Gasteiger partial charge on any atom is -0.494 e. The van der Waals surface area contributed by atoms with Crippen molar-refractivity contribution in [1.29, 1.82) is 0 Å². The van der Waals surface area contributed by atoms with E-state index in [1.807, 2.05) is 45.4 Å². The zero-order valence-electron chi connectivity index (χ0n) is 23.2. The van der Waals surface area contributed by atoms with Crippen LogP contribution in [0, 0.1) is 0 Å². The van der Waals surface area contributed by atoms with Gasteiger partial charge in [-0.3, -0.25) is 4.79 Å². The van der Waals surface area contributed by atoms with Gasteiger partial charge in [0.2, 0.25) is 11.9 Å². The Morgan fingerprint density at radius 2 is 1.95 bits per heavy atom. The third-order valence-corrected chi connectivity index (χ3v) is 6.99. The maximum absolute atomic E-state index is 12.3. The molecule has 3 aromatic rings. The van der Waals surface area contributed by atoms with Gasteiger partial charge in [-0.25, -0.2) is 9.97 Å². The molecule has 0 atom stereocenters. The molecule has 0 bridgehead atoms. The number of pyridine rings is 1. The van der Waals surface area contributed by atoms with E-state index in [0.717, 1.165) is 47.1 Å². The normalized spacial score (nSPS) is 13.7. The van der Waals surface area contributed by atoms with E-state index in [9.17, 15) is 4.79 Å². The van der Waals surface area contributed by atoms with E-state index in [2.05, 4.69) is 72.7 Å². The molecule has 1 aromatic carbocycles. The maximum atomic E-state index is 12.3. The first-order chi connectivity index (χ1) is 18.5. The largest absolute Gasteiger partial charge is 0.494 e. The van der Waals surface area contributed by atoms with E-state index >= 15 is 0 Å². The number of fused-ring (bicyclic) bond motifs is 1. The van der Waals surface area contributed by atoms with Gasteiger partial charge in [-0.2, -0.15) is 4.98 Å². The summed E-state index contributed by atoms with van der Waals surface area (Å²) in [5.41, 5.74) is 3.94. The van der Waals surface area contributed by atoms with Crippen LogP contribution in [0.5, 0.6) is 5.75 Å². The van der Waals surface area contributed by atoms with Crippen LogP contribution in [0.25, 0.3) is 0 Å². The molecule has 10 nitrogen and oxygen atoms in total. The van der Waals surface area contributed by atoms with Crippen LogP contribution in [0.4, 0.5) is 34.5 Å². The van der Waals surface area contributed by atoms with Crippen molar-refractivity contribution in [3.8, 4) is 5.75 Å². The molecule has 2 aromatic heterocycles. The number of hydrogen-bond donors (Lipinski definition) is 2. The van der Waals surface area contributed by atoms with Crippen LogP contribution in [0.2, 0.25) is 0 Å². The van der Waals surface area contributed by atoms with Gasteiger partial charge in [-0.05, 0) is 60.4 Å². The molecule has 0 unspecified atom stereocenters. The minimum atomic E-state index is -0.304. The van der Waals surface area contributed by atoms with Crippen molar-refractivity contribution in [3.63, 3.8) is 0 Å². The fourth-order valence-corrected chi connectivity index (χ4v) is 4.80. The summed E-state index contributed by atoms with van der Waals surface area (Å²) < 4.78 is 6.53. The smallest absolute Gasteiger partial charge is 0.247 e. The Morgan fingerprint density at radius 1 is 1.18 bits per heavy atom. The van der Waals surface area contributed by atoms with E-state index < -0.39 is 0 Å². The highest BCUT2D eigenvalue weighted by Crippen LogP contribution is 2.43. The SMILES string of the molecule is C=CC(=O)Nc1cc(Nc2nccc(N3CC(C)(C)c4nc(Br)ccc43)n2)c(OC)cc1N(C)CCN(C)C. The Kier molecular flexibility index (Phi) is 8.41. The zero-order valence-corrected chi connectivity index (χ0v) is 24.8. The van der Waals surface area contributed by atoms with E-state index in [4.69, 9.17) is 14.7 Å². The number of carbonyl (C=O) groups excluding carboxylic acids is 1. The summed E-state index contributed by atoms with van der Waals surface area (Å²) in [6.45, 7) is 10.3. The highest BCUT2D eigenvalue weighted by molar-refractivity contribution is 9.10. The average Bonchev–Trinajstić information content (AvgIpc) is 3.17. The lowest BCUT2D eigenvalue weighted by Gasteiger charge is -2.26. The van der Waals surface area contributed by atoms with Gasteiger partial charge in [0, 0.05) is 44.4 Å². The molecule has 2 N–H and O–H groups in total. The molecule has 3 heterocycles. The van der Waals surface area contributed by atoms with Crippen molar-refractivity contribution in [2.45, 2.75) is 19.3 Å². The van der Waals surface area contributed by atoms with Crippen LogP contribution < -0.4 is 25.2 Å². The number of aromatic nitrogens is 3. The molecule has 4 rings (SSSR count). The number of nitrogens with zero attached hydrogens (tertiary/aromatic N) is 6. The number of anilines is 6. The van der Waals surface area contributed by atoms with Crippen molar-refractivity contribution >= 4 is 56.4 Å². The first kappa shape index (κ1) is 28.3. The minimum absolute atomic E-state index is 0.145. The highest BCUT2D eigenvalue weighted by Gasteiger charge is 2.38. The van der Waals surface area contributed by atoms with Crippen molar-refractivity contribution < 1.29 is 9.53 Å². The van der Waals surface area contributed by atoms with Crippen LogP contribution in [0.3, 0.4) is 0 Å². The molecule has 1 aliphatic rings. The Bertz CT molecular complexity index is 1380. The van der Waals surface area contributed by atoms with E-state index in [1.54, 1.807) is 13.3 Å². The molecule has 0 fully saturated rings. The summed E-state index contributed by atoms with van der Waals surface area (Å²) in [5, 5.41) is 6.21. The average molecular weight is 596 g/mol. The van der Waals surface area contributed by atoms with Gasteiger partial charge in [0.05, 0.1) is 35.6 Å². The van der Waals surface area contributed by atoms with Gasteiger partial charge >= 0.3 is 0 Å². The number of benzene rings is 1. The number of rotatable bonds is 10. The highest BCUT2D eigenvalue weighted by atomic mass is 79.9. The summed E-state index contributed by atoms with van der Waals surface area (Å²) in [5.74, 6) is 1.44. The Morgan fingerprint density at radius 3 is 2.64 bits per heavy atom. The van der Waals surface area contributed by atoms with Crippen LogP contribution in [0.1, 0.15) is 19.5 Å². The Balaban J connectivity index is 1.68. The number of hydrogen-bond acceptors (Lipinski definition) is 9. The topological polar surface area (TPSA) is 98.8 Å². The third-order valence-electron chi connectivity index (χ3n) is 6.54. The molecule has 0 saturated carbocycles. The van der Waals surface area contributed by atoms with Crippen LogP contribution >= 0.6 is 15.9 Å². The number of methoxy groups -OCH3 is 1. The Hall–Kier alpha value is -3.70. The zero-order chi connectivity index (χ0) is 28.3. The third kappa shape index (κ3) is 6.31. The summed E-state index contributed by atoms with van der Waals surface area (Å²) in [6.07, 6.45) is 2.97. The van der Waals surface area contributed by atoms with Crippen molar-refractivity contribution in [2.24, 2.45) is 0 Å². The standard InChI is InChI=1S/C28H35BrN8O2/c1-8-25(38)31-18-15-19(22(39-7)16-21(18)36(6)14-13-35(4)5)32-27-30-12-11-24(34-27)37-17-28(2,3)26-20(37)9-10-23(29)33-26/h8-12,15-16H,1,13-14,17H2,2-7H3,(H,31,38)(H,30,32,34). The Labute approximate surface area is 238 Å². The second kappa shape index (κ2) is 11.6. The second-order valence-corrected chi connectivity index (χ2v) is 11.1. The van der Waals surface area contributed by atoms with E-state index in [1.165, 1.54) is 6.08 Å². The van der Waals surface area contributed by atoms with Gasteiger partial charge in [0.15, 0.2) is 0 Å². The molecule has 0 aliphatic carbocycles. The summed E-state index contributed by atoms with van der Waals surface area (Å²) in [7, 11) is 7.63. The molecule has 11 heteroatoms. The van der Waals surface area contributed by atoms with Crippen LogP contribution in [0.15, 0.2) is 53.8 Å². The fourth-order valence-electron chi connectivity index (χ4n) is 4.49. The van der Waals surface area contributed by atoms with Gasteiger partial charge in [-0.1, -0.05) is 20.4 Å². The molecule has 206 valence electrons. The van der Waals surface area contributed by atoms with E-state index in [0.29, 0.717) is 23.1 Å². The summed E-state index contributed by atoms with van der Waals surface area (Å²) >= 11 is 3.50. The molecular weight excluding hydrogens is 560 g/mol. The first-order valence-electron chi connectivity index (χ1n) is 12.6. The molecule has 0 spiro atoms. The summed E-state index contributed by atoms with van der Waals surface area (Å²) in [6, 6.07) is 9.60. The number of carbonyl (C=O) groups is 1. The van der Waals surface area contributed by atoms with Crippen LogP contribution in [-0.4, -0.2) is 73.6 Å². The molecular formula is C28H35BrN8O2.